The molecule has 0 heterocycles. The molecule has 2 aromatic rings. The van der Waals surface area contributed by atoms with Gasteiger partial charge in [0.15, 0.2) is 0 Å². The number of hydrogen-bond donors (Lipinski definition) is 2. The van der Waals surface area contributed by atoms with E-state index in [2.05, 4.69) is 0 Å². The Labute approximate surface area is 99.5 Å². The van der Waals surface area contributed by atoms with E-state index in [0.717, 1.165) is 5.56 Å². The molecule has 2 N–H and O–H groups in total. The van der Waals surface area contributed by atoms with Crippen molar-refractivity contribution in [1.29, 1.82) is 0 Å². The van der Waals surface area contributed by atoms with E-state index in [9.17, 15) is 8.42 Å². The fourth-order valence-electron chi connectivity index (χ4n) is 1.61. The molecule has 88 valence electrons. The van der Waals surface area contributed by atoms with E-state index in [4.69, 9.17) is 5.21 Å². The minimum absolute atomic E-state index is 0.0497. The molecule has 2 aromatic carbocycles. The fraction of sp³-hybridized carbons (Fsp3) is 0. The van der Waals surface area contributed by atoms with Crippen LogP contribution < -0.4 is 4.89 Å². The molecule has 0 aromatic heterocycles. The molecule has 0 aliphatic rings. The largest absolute Gasteiger partial charge is 0.302 e. The quantitative estimate of drug-likeness (QED) is 0.818. The monoisotopic (exact) mass is 249 g/mol. The van der Waals surface area contributed by atoms with E-state index in [1.54, 1.807) is 18.2 Å². The van der Waals surface area contributed by atoms with Gasteiger partial charge in [0, 0.05) is 5.56 Å². The first-order valence-corrected chi connectivity index (χ1v) is 6.44. The van der Waals surface area contributed by atoms with Gasteiger partial charge in [0.25, 0.3) is 10.0 Å². The molecule has 0 spiro atoms. The van der Waals surface area contributed by atoms with Crippen molar-refractivity contribution in [3.8, 4) is 11.1 Å². The van der Waals surface area contributed by atoms with E-state index in [-0.39, 0.29) is 4.90 Å². The van der Waals surface area contributed by atoms with Crippen molar-refractivity contribution in [3.63, 3.8) is 0 Å². The van der Waals surface area contributed by atoms with Gasteiger partial charge < -0.3 is 5.21 Å². The Bertz CT molecular complexity index is 609. The van der Waals surface area contributed by atoms with Gasteiger partial charge in [0.1, 0.15) is 0 Å². The van der Waals surface area contributed by atoms with Gasteiger partial charge in [-0.1, -0.05) is 53.4 Å². The summed E-state index contributed by atoms with van der Waals surface area (Å²) in [6.07, 6.45) is 0. The molecule has 4 nitrogen and oxygen atoms in total. The second-order valence-electron chi connectivity index (χ2n) is 3.46. The molecule has 0 radical (unpaired) electrons. The van der Waals surface area contributed by atoms with Crippen LogP contribution in [0.15, 0.2) is 59.5 Å². The molecule has 0 bridgehead atoms. The summed E-state index contributed by atoms with van der Waals surface area (Å²) >= 11 is 0. The second-order valence-corrected chi connectivity index (χ2v) is 5.09. The third-order valence-corrected chi connectivity index (χ3v) is 3.56. The van der Waals surface area contributed by atoms with Crippen LogP contribution in [0.5, 0.6) is 0 Å². The zero-order valence-electron chi connectivity index (χ0n) is 8.87. The molecule has 0 fully saturated rings. The Morgan fingerprint density at radius 3 is 2.12 bits per heavy atom. The summed E-state index contributed by atoms with van der Waals surface area (Å²) < 4.78 is 23.3. The van der Waals surface area contributed by atoms with E-state index >= 15 is 0 Å². The summed E-state index contributed by atoms with van der Waals surface area (Å²) in [6.45, 7) is 0. The van der Waals surface area contributed by atoms with Crippen molar-refractivity contribution >= 4 is 10.0 Å². The second kappa shape index (κ2) is 4.67. The average Bonchev–Trinajstić information content (AvgIpc) is 2.40. The summed E-state index contributed by atoms with van der Waals surface area (Å²) in [7, 11) is -3.87. The van der Waals surface area contributed by atoms with Gasteiger partial charge >= 0.3 is 0 Å². The first kappa shape index (κ1) is 11.8. The zero-order chi connectivity index (χ0) is 12.3. The van der Waals surface area contributed by atoms with Crippen LogP contribution >= 0.6 is 0 Å². The van der Waals surface area contributed by atoms with Gasteiger partial charge in [-0.15, -0.1) is 0 Å². The lowest BCUT2D eigenvalue weighted by Crippen LogP contribution is -2.20. The molecule has 0 saturated heterocycles. The van der Waals surface area contributed by atoms with Gasteiger partial charge in [-0.25, -0.2) is 8.42 Å². The van der Waals surface area contributed by atoms with Crippen molar-refractivity contribution in [3.05, 3.63) is 54.6 Å². The molecule has 0 aliphatic carbocycles. The lowest BCUT2D eigenvalue weighted by Gasteiger charge is -2.08. The molecule has 0 aliphatic heterocycles. The Kier molecular flexibility index (Phi) is 3.23. The summed E-state index contributed by atoms with van der Waals surface area (Å²) in [4.78, 5) is 1.39. The topological polar surface area (TPSA) is 66.4 Å². The predicted molar refractivity (Wildman–Crippen MR) is 64.0 cm³/mol. The highest BCUT2D eigenvalue weighted by atomic mass is 32.2. The first-order chi connectivity index (χ1) is 8.15. The average molecular weight is 249 g/mol. The normalized spacial score (nSPS) is 11.4. The highest BCUT2D eigenvalue weighted by molar-refractivity contribution is 7.89. The predicted octanol–water partition coefficient (Wildman–Crippen LogP) is 2.02. The Morgan fingerprint density at radius 1 is 0.882 bits per heavy atom. The lowest BCUT2D eigenvalue weighted by atomic mass is 10.1. The smallest absolute Gasteiger partial charge is 0.262 e. The van der Waals surface area contributed by atoms with Crippen LogP contribution in [0.3, 0.4) is 0 Å². The van der Waals surface area contributed by atoms with Gasteiger partial charge in [-0.3, -0.25) is 0 Å². The SMILES string of the molecule is O=S(=O)(NO)c1ccccc1-c1ccccc1. The van der Waals surface area contributed by atoms with E-state index in [0.29, 0.717) is 5.56 Å². The Balaban J connectivity index is 2.65. The summed E-state index contributed by atoms with van der Waals surface area (Å²) in [5.41, 5.74) is 1.33. The summed E-state index contributed by atoms with van der Waals surface area (Å²) in [6, 6.07) is 15.6. The van der Waals surface area contributed by atoms with Crippen molar-refractivity contribution in [2.24, 2.45) is 0 Å². The van der Waals surface area contributed by atoms with Gasteiger partial charge in [0.2, 0.25) is 0 Å². The number of hydrogen-bond acceptors (Lipinski definition) is 3. The van der Waals surface area contributed by atoms with E-state index in [1.807, 2.05) is 30.3 Å². The minimum atomic E-state index is -3.87. The van der Waals surface area contributed by atoms with E-state index in [1.165, 1.54) is 11.0 Å². The van der Waals surface area contributed by atoms with Crippen molar-refractivity contribution in [1.82, 2.24) is 4.89 Å². The van der Waals surface area contributed by atoms with Gasteiger partial charge in [-0.05, 0) is 11.6 Å². The fourth-order valence-corrected chi connectivity index (χ4v) is 2.44. The minimum Gasteiger partial charge on any atom is -0.302 e. The lowest BCUT2D eigenvalue weighted by molar-refractivity contribution is 0.242. The highest BCUT2D eigenvalue weighted by Crippen LogP contribution is 2.26. The van der Waals surface area contributed by atoms with Crippen LogP contribution in [0, 0.1) is 0 Å². The Hall–Kier alpha value is -1.69. The van der Waals surface area contributed by atoms with E-state index < -0.39 is 10.0 Å². The third-order valence-electron chi connectivity index (χ3n) is 2.38. The molecule has 0 atom stereocenters. The first-order valence-electron chi connectivity index (χ1n) is 4.95. The van der Waals surface area contributed by atoms with Gasteiger partial charge in [-0.2, -0.15) is 0 Å². The number of rotatable bonds is 3. The molecule has 2 rings (SSSR count). The number of sulfonamides is 1. The number of benzene rings is 2. The van der Waals surface area contributed by atoms with Crippen LogP contribution in [-0.4, -0.2) is 13.6 Å². The van der Waals surface area contributed by atoms with Gasteiger partial charge in [0.05, 0.1) is 4.90 Å². The highest BCUT2D eigenvalue weighted by Gasteiger charge is 2.17. The van der Waals surface area contributed by atoms with Crippen LogP contribution in [-0.2, 0) is 10.0 Å². The molecular weight excluding hydrogens is 238 g/mol. The Morgan fingerprint density at radius 2 is 1.47 bits per heavy atom. The van der Waals surface area contributed by atoms with Crippen LogP contribution in [0.4, 0.5) is 0 Å². The standard InChI is InChI=1S/C12H11NO3S/c14-13-17(15,16)12-9-5-4-8-11(12)10-6-2-1-3-7-10/h1-9,13-14H. The molecule has 0 amide bonds. The number of nitrogens with one attached hydrogen (secondary N) is 1. The van der Waals surface area contributed by atoms with Crippen molar-refractivity contribution in [2.45, 2.75) is 4.90 Å². The van der Waals surface area contributed by atoms with Crippen LogP contribution in [0.25, 0.3) is 11.1 Å². The molecule has 0 saturated carbocycles. The van der Waals surface area contributed by atoms with Crippen molar-refractivity contribution < 1.29 is 13.6 Å². The maximum atomic E-state index is 11.6. The summed E-state index contributed by atoms with van der Waals surface area (Å²) in [5, 5.41) is 8.68. The molecule has 0 unspecified atom stereocenters. The molecule has 17 heavy (non-hydrogen) atoms. The van der Waals surface area contributed by atoms with Crippen LogP contribution in [0.2, 0.25) is 0 Å². The zero-order valence-corrected chi connectivity index (χ0v) is 9.68. The van der Waals surface area contributed by atoms with Crippen molar-refractivity contribution in [2.75, 3.05) is 0 Å². The molecular formula is C12H11NO3S. The van der Waals surface area contributed by atoms with Crippen LogP contribution in [0.1, 0.15) is 0 Å². The maximum absolute atomic E-state index is 11.6. The summed E-state index contributed by atoms with van der Waals surface area (Å²) in [5.74, 6) is 0. The molecule has 5 heteroatoms. The maximum Gasteiger partial charge on any atom is 0.262 e. The third kappa shape index (κ3) is 2.36.